The summed E-state index contributed by atoms with van der Waals surface area (Å²) in [6, 6.07) is 8.76. The second kappa shape index (κ2) is 6.52. The lowest BCUT2D eigenvalue weighted by Gasteiger charge is -2.10. The van der Waals surface area contributed by atoms with Crippen molar-refractivity contribution in [3.63, 3.8) is 0 Å². The van der Waals surface area contributed by atoms with Crippen molar-refractivity contribution >= 4 is 21.6 Å². The predicted octanol–water partition coefficient (Wildman–Crippen LogP) is 2.87. The summed E-state index contributed by atoms with van der Waals surface area (Å²) < 4.78 is 64.1. The van der Waals surface area contributed by atoms with Gasteiger partial charge in [0.1, 0.15) is 0 Å². The molecule has 0 atom stereocenters. The Kier molecular flexibility index (Phi) is 4.83. The summed E-state index contributed by atoms with van der Waals surface area (Å²) in [6.07, 6.45) is -4.54. The minimum Gasteiger partial charge on any atom is -0.355 e. The summed E-state index contributed by atoms with van der Waals surface area (Å²) in [6.45, 7) is 0. The molecule has 0 unspecified atom stereocenters. The molecule has 128 valence electrons. The third-order valence-corrected chi connectivity index (χ3v) is 4.52. The van der Waals surface area contributed by atoms with Gasteiger partial charge in [0.15, 0.2) is 0 Å². The number of sulfonamides is 1. The first-order valence-corrected chi connectivity index (χ1v) is 8.14. The smallest absolute Gasteiger partial charge is 0.355 e. The fourth-order valence-electron chi connectivity index (χ4n) is 1.87. The minimum absolute atomic E-state index is 0.183. The topological polar surface area (TPSA) is 75.3 Å². The minimum atomic E-state index is -4.54. The van der Waals surface area contributed by atoms with Crippen molar-refractivity contribution in [2.75, 3.05) is 11.8 Å². The Bertz CT molecular complexity index is 830. The Morgan fingerprint density at radius 1 is 0.958 bits per heavy atom. The molecule has 5 nitrogen and oxygen atoms in total. The summed E-state index contributed by atoms with van der Waals surface area (Å²) in [4.78, 5) is 11.1. The number of alkyl halides is 3. The molecule has 0 radical (unpaired) electrons. The maximum absolute atomic E-state index is 12.5. The molecule has 0 heterocycles. The van der Waals surface area contributed by atoms with Crippen molar-refractivity contribution in [1.29, 1.82) is 0 Å². The van der Waals surface area contributed by atoms with Crippen molar-refractivity contribution in [3.05, 3.63) is 59.7 Å². The average Bonchev–Trinajstić information content (AvgIpc) is 2.54. The van der Waals surface area contributed by atoms with Crippen LogP contribution in [0.25, 0.3) is 0 Å². The van der Waals surface area contributed by atoms with Crippen molar-refractivity contribution in [1.82, 2.24) is 5.32 Å². The van der Waals surface area contributed by atoms with E-state index in [1.807, 2.05) is 0 Å². The van der Waals surface area contributed by atoms with E-state index in [0.717, 1.165) is 12.1 Å². The molecule has 9 heteroatoms. The molecule has 0 spiro atoms. The molecule has 0 aliphatic carbocycles. The monoisotopic (exact) mass is 358 g/mol. The van der Waals surface area contributed by atoms with E-state index in [4.69, 9.17) is 0 Å². The van der Waals surface area contributed by atoms with Crippen LogP contribution in [0.3, 0.4) is 0 Å². The maximum Gasteiger partial charge on any atom is 0.416 e. The highest BCUT2D eigenvalue weighted by atomic mass is 32.2. The summed E-state index contributed by atoms with van der Waals surface area (Å²) in [7, 11) is -2.57. The van der Waals surface area contributed by atoms with Gasteiger partial charge in [-0.15, -0.1) is 0 Å². The fourth-order valence-corrected chi connectivity index (χ4v) is 2.93. The van der Waals surface area contributed by atoms with E-state index in [1.54, 1.807) is 0 Å². The quantitative estimate of drug-likeness (QED) is 0.883. The zero-order chi connectivity index (χ0) is 18.0. The second-order valence-corrected chi connectivity index (χ2v) is 6.47. The molecule has 0 aliphatic rings. The van der Waals surface area contributed by atoms with Gasteiger partial charge < -0.3 is 5.32 Å². The van der Waals surface area contributed by atoms with Crippen LogP contribution >= 0.6 is 0 Å². The van der Waals surface area contributed by atoms with Gasteiger partial charge in [-0.1, -0.05) is 0 Å². The molecular formula is C15H13F3N2O3S. The Balaban J connectivity index is 2.20. The first kappa shape index (κ1) is 17.8. The summed E-state index contributed by atoms with van der Waals surface area (Å²) in [5, 5.41) is 2.42. The molecule has 2 N–H and O–H groups in total. The number of hydrogen-bond donors (Lipinski definition) is 2. The molecule has 0 saturated heterocycles. The zero-order valence-electron chi connectivity index (χ0n) is 12.4. The second-order valence-electron chi connectivity index (χ2n) is 4.78. The van der Waals surface area contributed by atoms with Crippen LogP contribution in [0.15, 0.2) is 53.4 Å². The van der Waals surface area contributed by atoms with Gasteiger partial charge >= 0.3 is 6.18 Å². The van der Waals surface area contributed by atoms with Crippen LogP contribution in [-0.4, -0.2) is 21.4 Å². The highest BCUT2D eigenvalue weighted by Gasteiger charge is 2.30. The standard InChI is InChI=1S/C15H13F3N2O3S/c1-19-14(21)10-2-6-12(7-3-10)20-24(22,23)13-8-4-11(5-9-13)15(16,17)18/h2-9,20H,1H3,(H,19,21). The lowest BCUT2D eigenvalue weighted by Crippen LogP contribution is -2.18. The van der Waals surface area contributed by atoms with Crippen LogP contribution in [0.5, 0.6) is 0 Å². The van der Waals surface area contributed by atoms with E-state index in [1.165, 1.54) is 31.3 Å². The van der Waals surface area contributed by atoms with Gasteiger partial charge in [0.25, 0.3) is 15.9 Å². The van der Waals surface area contributed by atoms with Crippen molar-refractivity contribution in [2.24, 2.45) is 0 Å². The van der Waals surface area contributed by atoms with Gasteiger partial charge in [-0.25, -0.2) is 8.42 Å². The molecule has 2 aromatic rings. The first-order chi connectivity index (χ1) is 11.1. The number of carbonyl (C=O) groups excluding carboxylic acids is 1. The Hall–Kier alpha value is -2.55. The highest BCUT2D eigenvalue weighted by molar-refractivity contribution is 7.92. The number of benzene rings is 2. The third-order valence-electron chi connectivity index (χ3n) is 3.12. The number of rotatable bonds is 4. The molecule has 0 aromatic heterocycles. The van der Waals surface area contributed by atoms with E-state index >= 15 is 0 Å². The normalized spacial score (nSPS) is 11.8. The summed E-state index contributed by atoms with van der Waals surface area (Å²) >= 11 is 0. The van der Waals surface area contributed by atoms with E-state index in [-0.39, 0.29) is 16.5 Å². The Labute approximate surface area is 136 Å². The van der Waals surface area contributed by atoms with Crippen molar-refractivity contribution in [2.45, 2.75) is 11.1 Å². The molecular weight excluding hydrogens is 345 g/mol. The number of anilines is 1. The number of hydrogen-bond acceptors (Lipinski definition) is 3. The first-order valence-electron chi connectivity index (χ1n) is 6.66. The number of nitrogens with one attached hydrogen (secondary N) is 2. The molecule has 2 aromatic carbocycles. The van der Waals surface area contributed by atoms with Gasteiger partial charge in [0, 0.05) is 18.3 Å². The Morgan fingerprint density at radius 2 is 1.50 bits per heavy atom. The molecule has 0 fully saturated rings. The van der Waals surface area contributed by atoms with Gasteiger partial charge in [-0.05, 0) is 48.5 Å². The molecule has 0 aliphatic heterocycles. The van der Waals surface area contributed by atoms with Gasteiger partial charge in [-0.2, -0.15) is 13.2 Å². The summed E-state index contributed by atoms with van der Waals surface area (Å²) in [5.74, 6) is -0.327. The molecule has 24 heavy (non-hydrogen) atoms. The zero-order valence-corrected chi connectivity index (χ0v) is 13.2. The molecule has 0 saturated carbocycles. The number of amides is 1. The van der Waals surface area contributed by atoms with Crippen LogP contribution in [-0.2, 0) is 16.2 Å². The molecule has 2 rings (SSSR count). The average molecular weight is 358 g/mol. The highest BCUT2D eigenvalue weighted by Crippen LogP contribution is 2.30. The van der Waals surface area contributed by atoms with E-state index in [9.17, 15) is 26.4 Å². The predicted molar refractivity (Wildman–Crippen MR) is 82.1 cm³/mol. The van der Waals surface area contributed by atoms with E-state index in [2.05, 4.69) is 10.0 Å². The van der Waals surface area contributed by atoms with Crippen LogP contribution in [0.4, 0.5) is 18.9 Å². The number of carbonyl (C=O) groups is 1. The lowest BCUT2D eigenvalue weighted by molar-refractivity contribution is -0.137. The molecule has 0 bridgehead atoms. The third kappa shape index (κ3) is 4.05. The van der Waals surface area contributed by atoms with Gasteiger partial charge in [-0.3, -0.25) is 9.52 Å². The summed E-state index contributed by atoms with van der Waals surface area (Å²) in [5.41, 5.74) is -0.408. The SMILES string of the molecule is CNC(=O)c1ccc(NS(=O)(=O)c2ccc(C(F)(F)F)cc2)cc1. The van der Waals surface area contributed by atoms with Gasteiger partial charge in [0.2, 0.25) is 0 Å². The molecule has 1 amide bonds. The van der Waals surface area contributed by atoms with Gasteiger partial charge in [0.05, 0.1) is 10.5 Å². The van der Waals surface area contributed by atoms with Crippen LogP contribution in [0.1, 0.15) is 15.9 Å². The number of halogens is 3. The maximum atomic E-state index is 12.5. The van der Waals surface area contributed by atoms with E-state index < -0.39 is 21.8 Å². The van der Waals surface area contributed by atoms with Crippen molar-refractivity contribution in [3.8, 4) is 0 Å². The Morgan fingerprint density at radius 3 is 1.96 bits per heavy atom. The van der Waals surface area contributed by atoms with Crippen LogP contribution < -0.4 is 10.0 Å². The van der Waals surface area contributed by atoms with Crippen LogP contribution in [0.2, 0.25) is 0 Å². The lowest BCUT2D eigenvalue weighted by atomic mass is 10.2. The van der Waals surface area contributed by atoms with Crippen LogP contribution in [0, 0.1) is 0 Å². The fraction of sp³-hybridized carbons (Fsp3) is 0.133. The van der Waals surface area contributed by atoms with E-state index in [0.29, 0.717) is 17.7 Å². The van der Waals surface area contributed by atoms with Crippen molar-refractivity contribution < 1.29 is 26.4 Å². The largest absolute Gasteiger partial charge is 0.416 e.